The Balaban J connectivity index is 2.64. The van der Waals surface area contributed by atoms with Gasteiger partial charge in [0.2, 0.25) is 0 Å². The summed E-state index contributed by atoms with van der Waals surface area (Å²) < 4.78 is 0. The van der Waals surface area contributed by atoms with E-state index in [1.807, 2.05) is 0 Å². The molecular weight excluding hydrogens is 252 g/mol. The molecule has 0 unspecified atom stereocenters. The van der Waals surface area contributed by atoms with Crippen molar-refractivity contribution in [3.8, 4) is 0 Å². The zero-order chi connectivity index (χ0) is 15.0. The molecule has 1 aliphatic heterocycles. The van der Waals surface area contributed by atoms with E-state index in [9.17, 15) is 4.91 Å². The van der Waals surface area contributed by atoms with E-state index in [-0.39, 0.29) is 0 Å². The molecule has 1 fully saturated rings. The highest BCUT2D eigenvalue weighted by Gasteiger charge is 2.17. The fourth-order valence-electron chi connectivity index (χ4n) is 2.69. The van der Waals surface area contributed by atoms with Crippen LogP contribution in [-0.4, -0.2) is 60.8 Å². The summed E-state index contributed by atoms with van der Waals surface area (Å²) in [6, 6.07) is 0.326. The first-order valence-corrected chi connectivity index (χ1v) is 7.56. The van der Waals surface area contributed by atoms with Gasteiger partial charge in [0, 0.05) is 32.2 Å². The van der Waals surface area contributed by atoms with E-state index in [0.29, 0.717) is 12.6 Å². The third-order valence-corrected chi connectivity index (χ3v) is 3.53. The first-order chi connectivity index (χ1) is 9.58. The van der Waals surface area contributed by atoms with Crippen LogP contribution in [0.25, 0.3) is 0 Å². The standard InChI is InChI=1S/C15H28N4O/c1-5-15(14(4)17-13(2)3)19-9-6-8-18(11-12-19)10-7-16-20/h5,13H,6-12H2,1-4H3/b15-5+,17-14?. The number of nitroso groups, excluding NO2 is 1. The number of rotatable bonds is 6. The molecule has 114 valence electrons. The molecule has 5 nitrogen and oxygen atoms in total. The van der Waals surface area contributed by atoms with Gasteiger partial charge in [0.1, 0.15) is 0 Å². The molecule has 5 heteroatoms. The van der Waals surface area contributed by atoms with Crippen LogP contribution in [0.3, 0.4) is 0 Å². The third-order valence-electron chi connectivity index (χ3n) is 3.53. The van der Waals surface area contributed by atoms with Gasteiger partial charge < -0.3 is 4.90 Å². The summed E-state index contributed by atoms with van der Waals surface area (Å²) in [6.07, 6.45) is 3.27. The van der Waals surface area contributed by atoms with E-state index in [1.165, 1.54) is 5.70 Å². The van der Waals surface area contributed by atoms with Gasteiger partial charge in [-0.2, -0.15) is 4.91 Å². The quantitative estimate of drug-likeness (QED) is 0.555. The lowest BCUT2D eigenvalue weighted by atomic mass is 10.2. The van der Waals surface area contributed by atoms with Gasteiger partial charge in [0.25, 0.3) is 0 Å². The average Bonchev–Trinajstić information content (AvgIpc) is 2.62. The van der Waals surface area contributed by atoms with E-state index >= 15 is 0 Å². The molecule has 20 heavy (non-hydrogen) atoms. The van der Waals surface area contributed by atoms with Gasteiger partial charge >= 0.3 is 0 Å². The summed E-state index contributed by atoms with van der Waals surface area (Å²) >= 11 is 0. The average molecular weight is 280 g/mol. The molecule has 0 N–H and O–H groups in total. The minimum Gasteiger partial charge on any atom is -0.369 e. The SMILES string of the molecule is C/C=C(\C(C)=NC(C)C)N1CCCN(CCN=O)CC1. The number of hydrogen-bond donors (Lipinski definition) is 0. The normalized spacial score (nSPS) is 19.4. The third kappa shape index (κ3) is 5.41. The summed E-state index contributed by atoms with van der Waals surface area (Å²) in [4.78, 5) is 19.6. The topological polar surface area (TPSA) is 48.3 Å². The van der Waals surface area contributed by atoms with E-state index in [1.54, 1.807) is 0 Å². The molecule has 1 rings (SSSR count). The second-order valence-electron chi connectivity index (χ2n) is 5.52. The summed E-state index contributed by atoms with van der Waals surface area (Å²) in [5.74, 6) is 0. The van der Waals surface area contributed by atoms with Crippen LogP contribution in [0.15, 0.2) is 21.9 Å². The van der Waals surface area contributed by atoms with Crippen LogP contribution in [0, 0.1) is 4.91 Å². The Bertz CT molecular complexity index is 363. The van der Waals surface area contributed by atoms with E-state index in [0.717, 1.165) is 44.9 Å². The molecule has 0 amide bonds. The van der Waals surface area contributed by atoms with Crippen LogP contribution in [0.2, 0.25) is 0 Å². The van der Waals surface area contributed by atoms with Gasteiger partial charge in [-0.25, -0.2) is 0 Å². The highest BCUT2D eigenvalue weighted by atomic mass is 16.3. The first-order valence-electron chi connectivity index (χ1n) is 7.56. The zero-order valence-corrected chi connectivity index (χ0v) is 13.3. The van der Waals surface area contributed by atoms with E-state index in [2.05, 4.69) is 53.7 Å². The predicted molar refractivity (Wildman–Crippen MR) is 85.3 cm³/mol. The molecule has 1 aliphatic rings. The fraction of sp³-hybridized carbons (Fsp3) is 0.800. The molecule has 1 saturated heterocycles. The van der Waals surface area contributed by atoms with Crippen molar-refractivity contribution in [2.24, 2.45) is 10.2 Å². The largest absolute Gasteiger partial charge is 0.369 e. The van der Waals surface area contributed by atoms with Crippen molar-refractivity contribution in [1.82, 2.24) is 9.80 Å². The summed E-state index contributed by atoms with van der Waals surface area (Å²) in [5, 5.41) is 2.96. The van der Waals surface area contributed by atoms with Crippen molar-refractivity contribution in [3.63, 3.8) is 0 Å². The Morgan fingerprint density at radius 1 is 1.25 bits per heavy atom. The molecule has 0 bridgehead atoms. The highest BCUT2D eigenvalue weighted by molar-refractivity contribution is 5.97. The van der Waals surface area contributed by atoms with Gasteiger partial charge in [-0.15, -0.1) is 0 Å². The molecule has 0 aromatic heterocycles. The minimum absolute atomic E-state index is 0.326. The lowest BCUT2D eigenvalue weighted by molar-refractivity contribution is 0.287. The van der Waals surface area contributed by atoms with Crippen molar-refractivity contribution in [2.45, 2.75) is 40.2 Å². The van der Waals surface area contributed by atoms with Gasteiger partial charge in [-0.1, -0.05) is 11.3 Å². The molecule has 0 radical (unpaired) electrons. The Hall–Kier alpha value is -1.23. The van der Waals surface area contributed by atoms with Crippen molar-refractivity contribution in [1.29, 1.82) is 0 Å². The Labute approximate surface area is 122 Å². The molecule has 1 heterocycles. The van der Waals surface area contributed by atoms with E-state index < -0.39 is 0 Å². The molecule has 0 aromatic carbocycles. The predicted octanol–water partition coefficient (Wildman–Crippen LogP) is 2.53. The van der Waals surface area contributed by atoms with Gasteiger partial charge in [0.15, 0.2) is 0 Å². The Kier molecular flexibility index (Phi) is 7.44. The van der Waals surface area contributed by atoms with E-state index in [4.69, 9.17) is 0 Å². The second-order valence-corrected chi connectivity index (χ2v) is 5.52. The second kappa shape index (κ2) is 8.84. The number of hydrogen-bond acceptors (Lipinski definition) is 5. The van der Waals surface area contributed by atoms with Crippen molar-refractivity contribution >= 4 is 5.71 Å². The number of allylic oxidation sites excluding steroid dienone is 2. The number of nitrogens with zero attached hydrogens (tertiary/aromatic N) is 4. The number of aliphatic imine (C=N–C) groups is 1. The molecule has 0 saturated carbocycles. The monoisotopic (exact) mass is 280 g/mol. The maximum atomic E-state index is 10.2. The molecular formula is C15H28N4O. The lowest BCUT2D eigenvalue weighted by Crippen LogP contribution is -2.33. The van der Waals surface area contributed by atoms with Crippen molar-refractivity contribution < 1.29 is 0 Å². The van der Waals surface area contributed by atoms with Gasteiger partial charge in [0.05, 0.1) is 18.0 Å². The first kappa shape index (κ1) is 16.8. The van der Waals surface area contributed by atoms with Gasteiger partial charge in [-0.3, -0.25) is 9.89 Å². The van der Waals surface area contributed by atoms with Crippen LogP contribution in [0.1, 0.15) is 34.1 Å². The molecule has 0 aliphatic carbocycles. The van der Waals surface area contributed by atoms with Crippen LogP contribution in [-0.2, 0) is 0 Å². The van der Waals surface area contributed by atoms with Crippen molar-refractivity contribution in [2.75, 3.05) is 39.3 Å². The highest BCUT2D eigenvalue weighted by Crippen LogP contribution is 2.12. The van der Waals surface area contributed by atoms with Crippen LogP contribution in [0.4, 0.5) is 0 Å². The van der Waals surface area contributed by atoms with Crippen LogP contribution in [0.5, 0.6) is 0 Å². The molecule has 0 aromatic rings. The van der Waals surface area contributed by atoms with Crippen LogP contribution < -0.4 is 0 Å². The van der Waals surface area contributed by atoms with Gasteiger partial charge in [-0.05, 0) is 40.7 Å². The molecule has 0 spiro atoms. The summed E-state index contributed by atoms with van der Waals surface area (Å²) in [6.45, 7) is 13.6. The molecule has 0 atom stereocenters. The summed E-state index contributed by atoms with van der Waals surface area (Å²) in [7, 11) is 0. The Morgan fingerprint density at radius 2 is 2.00 bits per heavy atom. The smallest absolute Gasteiger partial charge is 0.0938 e. The fourth-order valence-corrected chi connectivity index (χ4v) is 2.69. The minimum atomic E-state index is 0.326. The van der Waals surface area contributed by atoms with Crippen molar-refractivity contribution in [3.05, 3.63) is 16.7 Å². The zero-order valence-electron chi connectivity index (χ0n) is 13.3. The lowest BCUT2D eigenvalue weighted by Gasteiger charge is -2.26. The summed E-state index contributed by atoms with van der Waals surface area (Å²) in [5.41, 5.74) is 2.36. The maximum Gasteiger partial charge on any atom is 0.0938 e. The maximum absolute atomic E-state index is 10.2. The van der Waals surface area contributed by atoms with Crippen LogP contribution >= 0.6 is 0 Å². The Morgan fingerprint density at radius 3 is 2.60 bits per heavy atom.